The standard InChI is InChI=1S/C15H25N3O/c1-3-16-10-13-11-17-8-7-15(13)19-12-14-6-4-5-9-18(14)2/h7-8,11,14,16H,3-6,9-10,12H2,1-2H3. The van der Waals surface area contributed by atoms with Crippen molar-refractivity contribution >= 4 is 0 Å². The van der Waals surface area contributed by atoms with Crippen LogP contribution in [0.15, 0.2) is 18.5 Å². The summed E-state index contributed by atoms with van der Waals surface area (Å²) in [5.74, 6) is 0.968. The molecule has 0 radical (unpaired) electrons. The highest BCUT2D eigenvalue weighted by molar-refractivity contribution is 5.30. The van der Waals surface area contributed by atoms with Crippen molar-refractivity contribution in [3.63, 3.8) is 0 Å². The van der Waals surface area contributed by atoms with Crippen LogP contribution in [0.25, 0.3) is 0 Å². The highest BCUT2D eigenvalue weighted by Crippen LogP contribution is 2.20. The van der Waals surface area contributed by atoms with Gasteiger partial charge in [-0.25, -0.2) is 0 Å². The van der Waals surface area contributed by atoms with Gasteiger partial charge in [0.05, 0.1) is 0 Å². The molecule has 0 amide bonds. The topological polar surface area (TPSA) is 37.4 Å². The minimum atomic E-state index is 0.550. The van der Waals surface area contributed by atoms with Gasteiger partial charge in [-0.3, -0.25) is 4.98 Å². The second-order valence-corrected chi connectivity index (χ2v) is 5.20. The van der Waals surface area contributed by atoms with E-state index >= 15 is 0 Å². The minimum Gasteiger partial charge on any atom is -0.492 e. The van der Waals surface area contributed by atoms with Gasteiger partial charge in [0.2, 0.25) is 0 Å². The number of nitrogens with one attached hydrogen (secondary N) is 1. The first-order chi connectivity index (χ1) is 9.31. The normalized spacial score (nSPS) is 20.4. The van der Waals surface area contributed by atoms with Gasteiger partial charge in [-0.05, 0) is 39.0 Å². The fourth-order valence-electron chi connectivity index (χ4n) is 2.49. The number of pyridine rings is 1. The van der Waals surface area contributed by atoms with Crippen LogP contribution in [-0.4, -0.2) is 42.7 Å². The number of nitrogens with zero attached hydrogens (tertiary/aromatic N) is 2. The number of likely N-dealkylation sites (tertiary alicyclic amines) is 1. The van der Waals surface area contributed by atoms with Crippen molar-refractivity contribution in [2.24, 2.45) is 0 Å². The van der Waals surface area contributed by atoms with E-state index in [1.165, 1.54) is 25.8 Å². The minimum absolute atomic E-state index is 0.550. The molecule has 0 aliphatic carbocycles. The van der Waals surface area contributed by atoms with Crippen molar-refractivity contribution in [2.45, 2.75) is 38.8 Å². The molecule has 1 fully saturated rings. The molecule has 2 heterocycles. The Morgan fingerprint density at radius 2 is 2.37 bits per heavy atom. The molecular weight excluding hydrogens is 238 g/mol. The highest BCUT2D eigenvalue weighted by atomic mass is 16.5. The summed E-state index contributed by atoms with van der Waals surface area (Å²) < 4.78 is 6.02. The van der Waals surface area contributed by atoms with Crippen LogP contribution in [0.5, 0.6) is 5.75 Å². The first kappa shape index (κ1) is 14.3. The molecule has 1 saturated heterocycles. The van der Waals surface area contributed by atoms with Gasteiger partial charge in [0.1, 0.15) is 12.4 Å². The van der Waals surface area contributed by atoms with Crippen molar-refractivity contribution in [1.82, 2.24) is 15.2 Å². The zero-order chi connectivity index (χ0) is 13.5. The van der Waals surface area contributed by atoms with Crippen molar-refractivity contribution in [2.75, 3.05) is 26.7 Å². The van der Waals surface area contributed by atoms with Gasteiger partial charge in [0.25, 0.3) is 0 Å². The summed E-state index contributed by atoms with van der Waals surface area (Å²) in [5, 5.41) is 3.32. The van der Waals surface area contributed by atoms with E-state index in [2.05, 4.69) is 29.2 Å². The van der Waals surface area contributed by atoms with Crippen LogP contribution in [0, 0.1) is 0 Å². The van der Waals surface area contributed by atoms with E-state index in [9.17, 15) is 0 Å². The quantitative estimate of drug-likeness (QED) is 0.852. The molecule has 19 heavy (non-hydrogen) atoms. The molecule has 1 aliphatic rings. The van der Waals surface area contributed by atoms with E-state index in [1.807, 2.05) is 12.3 Å². The maximum Gasteiger partial charge on any atom is 0.126 e. The Bertz CT molecular complexity index is 383. The smallest absolute Gasteiger partial charge is 0.126 e. The van der Waals surface area contributed by atoms with Crippen LogP contribution >= 0.6 is 0 Å². The molecule has 2 rings (SSSR count). The molecule has 4 heteroatoms. The number of aromatic nitrogens is 1. The van der Waals surface area contributed by atoms with Crippen molar-refractivity contribution in [3.05, 3.63) is 24.0 Å². The van der Waals surface area contributed by atoms with Crippen molar-refractivity contribution in [3.8, 4) is 5.75 Å². The first-order valence-electron chi connectivity index (χ1n) is 7.28. The Labute approximate surface area is 116 Å². The SMILES string of the molecule is CCNCc1cnccc1OCC1CCCCN1C. The molecular formula is C15H25N3O. The van der Waals surface area contributed by atoms with Crippen LogP contribution in [0.3, 0.4) is 0 Å². The number of rotatable bonds is 6. The molecule has 1 unspecified atom stereocenters. The predicted octanol–water partition coefficient (Wildman–Crippen LogP) is 2.05. The number of ether oxygens (including phenoxy) is 1. The lowest BCUT2D eigenvalue weighted by atomic mass is 10.0. The van der Waals surface area contributed by atoms with E-state index in [0.29, 0.717) is 6.04 Å². The Balaban J connectivity index is 1.91. The highest BCUT2D eigenvalue weighted by Gasteiger charge is 2.19. The van der Waals surface area contributed by atoms with Crippen LogP contribution in [-0.2, 0) is 6.54 Å². The molecule has 0 spiro atoms. The Morgan fingerprint density at radius 1 is 1.47 bits per heavy atom. The fraction of sp³-hybridized carbons (Fsp3) is 0.667. The van der Waals surface area contributed by atoms with Gasteiger partial charge in [-0.1, -0.05) is 13.3 Å². The largest absolute Gasteiger partial charge is 0.492 e. The Kier molecular flexibility index (Phi) is 5.61. The van der Waals surface area contributed by atoms with Crippen LogP contribution in [0.4, 0.5) is 0 Å². The van der Waals surface area contributed by atoms with E-state index in [1.54, 1.807) is 6.20 Å². The molecule has 1 aliphatic heterocycles. The van der Waals surface area contributed by atoms with Gasteiger partial charge in [-0.15, -0.1) is 0 Å². The van der Waals surface area contributed by atoms with Gasteiger partial charge in [0.15, 0.2) is 0 Å². The molecule has 1 aromatic heterocycles. The molecule has 1 atom stereocenters. The molecule has 106 valence electrons. The molecule has 4 nitrogen and oxygen atoms in total. The second-order valence-electron chi connectivity index (χ2n) is 5.20. The van der Waals surface area contributed by atoms with E-state index in [4.69, 9.17) is 4.74 Å². The van der Waals surface area contributed by atoms with Gasteiger partial charge in [0, 0.05) is 30.5 Å². The summed E-state index contributed by atoms with van der Waals surface area (Å²) in [4.78, 5) is 6.59. The summed E-state index contributed by atoms with van der Waals surface area (Å²) in [5.41, 5.74) is 1.14. The maximum absolute atomic E-state index is 6.02. The zero-order valence-electron chi connectivity index (χ0n) is 12.1. The van der Waals surface area contributed by atoms with Gasteiger partial charge >= 0.3 is 0 Å². The van der Waals surface area contributed by atoms with Crippen molar-refractivity contribution < 1.29 is 4.74 Å². The predicted molar refractivity (Wildman–Crippen MR) is 77.4 cm³/mol. The summed E-state index contributed by atoms with van der Waals surface area (Å²) >= 11 is 0. The Hall–Kier alpha value is -1.13. The lowest BCUT2D eigenvalue weighted by molar-refractivity contribution is 0.124. The Morgan fingerprint density at radius 3 is 3.16 bits per heavy atom. The number of hydrogen-bond donors (Lipinski definition) is 1. The van der Waals surface area contributed by atoms with Gasteiger partial charge < -0.3 is 15.0 Å². The molecule has 1 N–H and O–H groups in total. The average molecular weight is 263 g/mol. The van der Waals surface area contributed by atoms with Crippen LogP contribution in [0.1, 0.15) is 31.7 Å². The zero-order valence-corrected chi connectivity index (χ0v) is 12.1. The van der Waals surface area contributed by atoms with E-state index < -0.39 is 0 Å². The number of piperidine rings is 1. The van der Waals surface area contributed by atoms with E-state index in [0.717, 1.165) is 31.0 Å². The molecule has 0 aromatic carbocycles. The monoisotopic (exact) mass is 263 g/mol. The molecule has 1 aromatic rings. The lowest BCUT2D eigenvalue weighted by Gasteiger charge is -2.32. The third-order valence-corrected chi connectivity index (χ3v) is 3.78. The van der Waals surface area contributed by atoms with Crippen LogP contribution < -0.4 is 10.1 Å². The van der Waals surface area contributed by atoms with E-state index in [-0.39, 0.29) is 0 Å². The molecule has 0 bridgehead atoms. The number of hydrogen-bond acceptors (Lipinski definition) is 4. The third-order valence-electron chi connectivity index (χ3n) is 3.78. The fourth-order valence-corrected chi connectivity index (χ4v) is 2.49. The molecule has 0 saturated carbocycles. The second kappa shape index (κ2) is 7.46. The van der Waals surface area contributed by atoms with Crippen LogP contribution in [0.2, 0.25) is 0 Å². The third kappa shape index (κ3) is 4.18. The summed E-state index contributed by atoms with van der Waals surface area (Å²) in [6.45, 7) is 5.85. The summed E-state index contributed by atoms with van der Waals surface area (Å²) in [6.07, 6.45) is 7.56. The number of likely N-dealkylation sites (N-methyl/N-ethyl adjacent to an activating group) is 1. The first-order valence-corrected chi connectivity index (χ1v) is 7.28. The van der Waals surface area contributed by atoms with Crippen molar-refractivity contribution in [1.29, 1.82) is 0 Å². The lowest BCUT2D eigenvalue weighted by Crippen LogP contribution is -2.40. The van der Waals surface area contributed by atoms with Gasteiger partial charge in [-0.2, -0.15) is 0 Å². The summed E-state index contributed by atoms with van der Waals surface area (Å²) in [7, 11) is 2.19. The summed E-state index contributed by atoms with van der Waals surface area (Å²) in [6, 6.07) is 2.52. The maximum atomic E-state index is 6.02. The average Bonchev–Trinajstić information content (AvgIpc) is 2.45.